The summed E-state index contributed by atoms with van der Waals surface area (Å²) in [6.07, 6.45) is -1.53. The summed E-state index contributed by atoms with van der Waals surface area (Å²) in [4.78, 5) is 0. The van der Waals surface area contributed by atoms with Gasteiger partial charge in [-0.25, -0.2) is 0 Å². The van der Waals surface area contributed by atoms with Gasteiger partial charge in [-0.1, -0.05) is 0 Å². The van der Waals surface area contributed by atoms with E-state index in [4.69, 9.17) is 20.1 Å². The normalized spacial score (nSPS) is 16.9. The Hall–Kier alpha value is -0.160. The van der Waals surface area contributed by atoms with Gasteiger partial charge in [-0.3, -0.25) is 0 Å². The summed E-state index contributed by atoms with van der Waals surface area (Å²) in [5.74, 6) is 0. The Kier molecular flexibility index (Phi) is 5.41. The molecule has 68 valence electrons. The van der Waals surface area contributed by atoms with Crippen LogP contribution in [0.1, 0.15) is 13.8 Å². The van der Waals surface area contributed by atoms with Crippen LogP contribution in [0.4, 0.5) is 0 Å². The van der Waals surface area contributed by atoms with Gasteiger partial charge in [-0.15, -0.1) is 0 Å². The van der Waals surface area contributed by atoms with Crippen LogP contribution in [-0.4, -0.2) is 46.8 Å². The molecule has 4 nitrogen and oxygen atoms in total. The summed E-state index contributed by atoms with van der Waals surface area (Å²) in [5, 5.41) is 26.2. The second-order valence-corrected chi connectivity index (χ2v) is 2.57. The van der Waals surface area contributed by atoms with E-state index in [9.17, 15) is 0 Å². The molecule has 0 aromatic carbocycles. The number of hydrogen-bond acceptors (Lipinski definition) is 4. The minimum absolute atomic E-state index is 0.229. The third-order valence-electron chi connectivity index (χ3n) is 1.49. The van der Waals surface area contributed by atoms with Gasteiger partial charge in [0.2, 0.25) is 0 Å². The summed E-state index contributed by atoms with van der Waals surface area (Å²) in [5.41, 5.74) is 0. The molecule has 0 radical (unpaired) electrons. The molecule has 0 heterocycles. The van der Waals surface area contributed by atoms with Crippen LogP contribution in [0.15, 0.2) is 0 Å². The van der Waals surface area contributed by atoms with Gasteiger partial charge in [0, 0.05) is 0 Å². The molecule has 0 rings (SSSR count). The van der Waals surface area contributed by atoms with Crippen molar-refractivity contribution in [3.05, 3.63) is 0 Å². The Morgan fingerprint density at radius 2 is 1.64 bits per heavy atom. The standard InChI is InChI=1S/C7H16O4/c1-5(10)6(2)11-7(3-8)4-9/h5-10H,3-4H2,1-2H3. The molecule has 0 saturated carbocycles. The first-order chi connectivity index (χ1) is 5.11. The maximum absolute atomic E-state index is 8.97. The van der Waals surface area contributed by atoms with Gasteiger partial charge >= 0.3 is 0 Å². The van der Waals surface area contributed by atoms with E-state index in [0.29, 0.717) is 0 Å². The maximum Gasteiger partial charge on any atom is 0.104 e. The Labute approximate surface area is 66.4 Å². The lowest BCUT2D eigenvalue weighted by Crippen LogP contribution is -2.32. The van der Waals surface area contributed by atoms with Crippen LogP contribution in [0.2, 0.25) is 0 Å². The Balaban J connectivity index is 3.62. The average Bonchev–Trinajstić information content (AvgIpc) is 1.99. The average molecular weight is 164 g/mol. The van der Waals surface area contributed by atoms with Gasteiger partial charge in [0.05, 0.1) is 25.4 Å². The van der Waals surface area contributed by atoms with E-state index in [1.807, 2.05) is 0 Å². The number of ether oxygens (including phenoxy) is 1. The van der Waals surface area contributed by atoms with Crippen molar-refractivity contribution in [2.75, 3.05) is 13.2 Å². The molecular weight excluding hydrogens is 148 g/mol. The zero-order valence-corrected chi connectivity index (χ0v) is 6.90. The third kappa shape index (κ3) is 4.31. The van der Waals surface area contributed by atoms with Gasteiger partial charge in [0.1, 0.15) is 6.10 Å². The fraction of sp³-hybridized carbons (Fsp3) is 1.00. The van der Waals surface area contributed by atoms with E-state index >= 15 is 0 Å². The highest BCUT2D eigenvalue weighted by molar-refractivity contribution is 4.61. The lowest BCUT2D eigenvalue weighted by molar-refractivity contribution is -0.0939. The third-order valence-corrected chi connectivity index (χ3v) is 1.49. The molecule has 2 atom stereocenters. The van der Waals surface area contributed by atoms with Crippen molar-refractivity contribution in [2.45, 2.75) is 32.2 Å². The number of aliphatic hydroxyl groups excluding tert-OH is 3. The van der Waals surface area contributed by atoms with Gasteiger partial charge in [-0.2, -0.15) is 0 Å². The SMILES string of the molecule is CC(O)C(C)OC(CO)CO. The van der Waals surface area contributed by atoms with Crippen LogP contribution in [0, 0.1) is 0 Å². The summed E-state index contributed by atoms with van der Waals surface area (Å²) < 4.78 is 5.06. The largest absolute Gasteiger partial charge is 0.394 e. The highest BCUT2D eigenvalue weighted by Crippen LogP contribution is 2.01. The lowest BCUT2D eigenvalue weighted by Gasteiger charge is -2.20. The first-order valence-electron chi connectivity index (χ1n) is 3.67. The molecule has 4 heteroatoms. The van der Waals surface area contributed by atoms with Gasteiger partial charge in [0.15, 0.2) is 0 Å². The van der Waals surface area contributed by atoms with Crippen LogP contribution in [-0.2, 0) is 4.74 Å². The second-order valence-electron chi connectivity index (χ2n) is 2.57. The summed E-state index contributed by atoms with van der Waals surface area (Å²) >= 11 is 0. The molecule has 0 aliphatic carbocycles. The van der Waals surface area contributed by atoms with Crippen LogP contribution >= 0.6 is 0 Å². The van der Waals surface area contributed by atoms with E-state index in [1.54, 1.807) is 13.8 Å². The van der Waals surface area contributed by atoms with Crippen LogP contribution in [0.25, 0.3) is 0 Å². The number of hydrogen-bond donors (Lipinski definition) is 3. The molecule has 0 aromatic rings. The van der Waals surface area contributed by atoms with Crippen LogP contribution in [0.3, 0.4) is 0 Å². The Bertz CT molecular complexity index is 90.4. The van der Waals surface area contributed by atoms with Crippen molar-refractivity contribution in [1.29, 1.82) is 0 Å². The van der Waals surface area contributed by atoms with Crippen molar-refractivity contribution in [1.82, 2.24) is 0 Å². The van der Waals surface area contributed by atoms with E-state index in [2.05, 4.69) is 0 Å². The molecule has 0 aliphatic heterocycles. The molecule has 0 aliphatic rings. The quantitative estimate of drug-likeness (QED) is 0.494. The highest BCUT2D eigenvalue weighted by Gasteiger charge is 2.14. The first-order valence-corrected chi connectivity index (χ1v) is 3.67. The molecular formula is C7H16O4. The monoisotopic (exact) mass is 164 g/mol. The zero-order chi connectivity index (χ0) is 8.85. The molecule has 0 fully saturated rings. The van der Waals surface area contributed by atoms with Gasteiger partial charge in [-0.05, 0) is 13.8 Å². The molecule has 0 amide bonds. The summed E-state index contributed by atoms with van der Waals surface area (Å²) in [6, 6.07) is 0. The van der Waals surface area contributed by atoms with E-state index in [1.165, 1.54) is 0 Å². The highest BCUT2D eigenvalue weighted by atomic mass is 16.5. The van der Waals surface area contributed by atoms with E-state index in [0.717, 1.165) is 0 Å². The van der Waals surface area contributed by atoms with E-state index < -0.39 is 12.2 Å². The van der Waals surface area contributed by atoms with Gasteiger partial charge < -0.3 is 20.1 Å². The maximum atomic E-state index is 8.97. The van der Waals surface area contributed by atoms with Crippen molar-refractivity contribution >= 4 is 0 Å². The molecule has 0 bridgehead atoms. The van der Waals surface area contributed by atoms with Crippen molar-refractivity contribution in [3.8, 4) is 0 Å². The van der Waals surface area contributed by atoms with Crippen LogP contribution < -0.4 is 0 Å². The van der Waals surface area contributed by atoms with Crippen molar-refractivity contribution < 1.29 is 20.1 Å². The fourth-order valence-corrected chi connectivity index (χ4v) is 0.561. The minimum atomic E-state index is -0.587. The summed E-state index contributed by atoms with van der Waals surface area (Å²) in [7, 11) is 0. The lowest BCUT2D eigenvalue weighted by atomic mass is 10.2. The van der Waals surface area contributed by atoms with Gasteiger partial charge in [0.25, 0.3) is 0 Å². The first kappa shape index (κ1) is 10.8. The second kappa shape index (κ2) is 5.49. The molecule has 0 aromatic heterocycles. The molecule has 3 N–H and O–H groups in total. The predicted octanol–water partition coefficient (Wildman–Crippen LogP) is -0.875. The topological polar surface area (TPSA) is 69.9 Å². The smallest absolute Gasteiger partial charge is 0.104 e. The predicted molar refractivity (Wildman–Crippen MR) is 40.2 cm³/mol. The van der Waals surface area contributed by atoms with Crippen molar-refractivity contribution in [2.24, 2.45) is 0 Å². The zero-order valence-electron chi connectivity index (χ0n) is 6.90. The summed E-state index contributed by atoms with van der Waals surface area (Å²) in [6.45, 7) is 2.82. The minimum Gasteiger partial charge on any atom is -0.394 e. The number of aliphatic hydroxyl groups is 3. The van der Waals surface area contributed by atoms with Crippen LogP contribution in [0.5, 0.6) is 0 Å². The molecule has 2 unspecified atom stereocenters. The molecule has 0 spiro atoms. The van der Waals surface area contributed by atoms with Crippen molar-refractivity contribution in [3.63, 3.8) is 0 Å². The number of rotatable bonds is 5. The van der Waals surface area contributed by atoms with E-state index in [-0.39, 0.29) is 19.3 Å². The molecule has 0 saturated heterocycles. The Morgan fingerprint density at radius 1 is 1.18 bits per heavy atom. The fourth-order valence-electron chi connectivity index (χ4n) is 0.561. The molecule has 11 heavy (non-hydrogen) atoms. The Morgan fingerprint density at radius 3 is 1.91 bits per heavy atom.